The van der Waals surface area contributed by atoms with Gasteiger partial charge in [0, 0.05) is 5.69 Å². The van der Waals surface area contributed by atoms with Crippen LogP contribution in [-0.4, -0.2) is 21.9 Å². The van der Waals surface area contributed by atoms with E-state index in [0.717, 1.165) is 11.3 Å². The zero-order valence-corrected chi connectivity index (χ0v) is 16.0. The summed E-state index contributed by atoms with van der Waals surface area (Å²) >= 11 is 7.32. The maximum Gasteiger partial charge on any atom is 0.277 e. The quantitative estimate of drug-likeness (QED) is 0.585. The van der Waals surface area contributed by atoms with Crippen molar-refractivity contribution in [2.45, 2.75) is 25.0 Å². The van der Waals surface area contributed by atoms with Gasteiger partial charge in [0.1, 0.15) is 0 Å². The summed E-state index contributed by atoms with van der Waals surface area (Å²) in [4.78, 5) is 12.2. The van der Waals surface area contributed by atoms with E-state index in [0.29, 0.717) is 27.6 Å². The van der Waals surface area contributed by atoms with Gasteiger partial charge in [-0.25, -0.2) is 0 Å². The van der Waals surface area contributed by atoms with Crippen molar-refractivity contribution in [3.63, 3.8) is 0 Å². The molecule has 0 aliphatic rings. The minimum Gasteiger partial charge on any atom is -0.411 e. The zero-order chi connectivity index (χ0) is 18.5. The summed E-state index contributed by atoms with van der Waals surface area (Å²) < 4.78 is 5.59. The van der Waals surface area contributed by atoms with E-state index < -0.39 is 0 Å². The predicted octanol–water partition coefficient (Wildman–Crippen LogP) is 5.24. The topological polar surface area (TPSA) is 68.0 Å². The van der Waals surface area contributed by atoms with Crippen LogP contribution in [0.15, 0.2) is 58.2 Å². The Morgan fingerprint density at radius 1 is 1.15 bits per heavy atom. The average molecular weight is 388 g/mol. The molecule has 0 bridgehead atoms. The van der Waals surface area contributed by atoms with Gasteiger partial charge in [0.05, 0.1) is 16.3 Å². The smallest absolute Gasteiger partial charge is 0.277 e. The molecule has 3 aromatic rings. The van der Waals surface area contributed by atoms with Crippen LogP contribution in [0.3, 0.4) is 0 Å². The van der Waals surface area contributed by atoms with E-state index in [1.807, 2.05) is 36.4 Å². The molecule has 0 saturated carbocycles. The molecule has 134 valence electrons. The summed E-state index contributed by atoms with van der Waals surface area (Å²) in [5.74, 6) is 0.717. The summed E-state index contributed by atoms with van der Waals surface area (Å²) in [6, 6.07) is 15.0. The van der Waals surface area contributed by atoms with Crippen LogP contribution < -0.4 is 5.32 Å². The molecule has 1 amide bonds. The Labute approximate surface area is 161 Å². The number of para-hydroxylation sites is 1. The van der Waals surface area contributed by atoms with Crippen LogP contribution in [0.2, 0.25) is 5.02 Å². The average Bonchev–Trinajstić information content (AvgIpc) is 3.09. The molecule has 7 heteroatoms. The van der Waals surface area contributed by atoms with Crippen LogP contribution in [0.5, 0.6) is 0 Å². The molecule has 3 rings (SSSR count). The minimum atomic E-state index is -0.124. The summed E-state index contributed by atoms with van der Waals surface area (Å²) in [6.07, 6.45) is 0. The van der Waals surface area contributed by atoms with Gasteiger partial charge < -0.3 is 9.73 Å². The minimum absolute atomic E-state index is 0.124. The van der Waals surface area contributed by atoms with Crippen molar-refractivity contribution in [1.82, 2.24) is 10.2 Å². The molecule has 0 saturated heterocycles. The molecule has 2 aromatic carbocycles. The van der Waals surface area contributed by atoms with E-state index in [4.69, 9.17) is 16.0 Å². The second-order valence-electron chi connectivity index (χ2n) is 5.93. The number of anilines is 1. The lowest BCUT2D eigenvalue weighted by Gasteiger charge is -2.13. The first kappa shape index (κ1) is 18.5. The van der Waals surface area contributed by atoms with Crippen LogP contribution in [-0.2, 0) is 4.79 Å². The summed E-state index contributed by atoms with van der Waals surface area (Å²) in [6.45, 7) is 4.18. The molecular weight excluding hydrogens is 370 g/mol. The summed E-state index contributed by atoms with van der Waals surface area (Å²) in [5.41, 5.74) is 2.60. The fourth-order valence-electron chi connectivity index (χ4n) is 2.44. The fraction of sp³-hybridized carbons (Fsp3) is 0.211. The third-order valence-electron chi connectivity index (χ3n) is 3.69. The number of nitrogens with zero attached hydrogens (tertiary/aromatic N) is 2. The van der Waals surface area contributed by atoms with Crippen molar-refractivity contribution in [2.75, 3.05) is 11.1 Å². The first-order valence-corrected chi connectivity index (χ1v) is 9.51. The maximum absolute atomic E-state index is 12.2. The molecule has 0 radical (unpaired) electrons. The van der Waals surface area contributed by atoms with E-state index in [9.17, 15) is 4.79 Å². The zero-order valence-electron chi connectivity index (χ0n) is 14.4. The number of hydrogen-bond donors (Lipinski definition) is 1. The Hall–Kier alpha value is -2.31. The van der Waals surface area contributed by atoms with Crippen molar-refractivity contribution in [1.29, 1.82) is 0 Å². The van der Waals surface area contributed by atoms with Crippen molar-refractivity contribution in [3.05, 3.63) is 59.1 Å². The van der Waals surface area contributed by atoms with Gasteiger partial charge in [0.25, 0.3) is 5.22 Å². The van der Waals surface area contributed by atoms with Gasteiger partial charge in [0.15, 0.2) is 0 Å². The van der Waals surface area contributed by atoms with Crippen molar-refractivity contribution in [3.8, 4) is 11.5 Å². The molecule has 0 aliphatic heterocycles. The number of aromatic nitrogens is 2. The number of nitrogens with one attached hydrogen (secondary N) is 1. The van der Waals surface area contributed by atoms with E-state index in [1.54, 1.807) is 12.1 Å². The first-order chi connectivity index (χ1) is 12.5. The number of thioether (sulfide) groups is 1. The lowest BCUT2D eigenvalue weighted by Crippen LogP contribution is -2.15. The number of carbonyl (C=O) groups excluding carboxylic acids is 1. The molecular formula is C19H18ClN3O2S. The highest BCUT2D eigenvalue weighted by molar-refractivity contribution is 7.99. The van der Waals surface area contributed by atoms with Gasteiger partial charge in [-0.15, -0.1) is 10.2 Å². The summed E-state index contributed by atoms with van der Waals surface area (Å²) in [7, 11) is 0. The van der Waals surface area contributed by atoms with Gasteiger partial charge >= 0.3 is 0 Å². The number of rotatable bonds is 6. The molecule has 1 heterocycles. The standard InChI is InChI=1S/C19H18ClN3O2S/c1-12(2)13-7-4-6-10-16(13)21-17(24)11-26-19-23-22-18(25-19)14-8-3-5-9-15(14)20/h3-10,12H,11H2,1-2H3,(H,21,24). The third kappa shape index (κ3) is 4.45. The number of halogens is 1. The second kappa shape index (κ2) is 8.38. The van der Waals surface area contributed by atoms with Crippen LogP contribution in [0.25, 0.3) is 11.5 Å². The second-order valence-corrected chi connectivity index (χ2v) is 7.27. The SMILES string of the molecule is CC(C)c1ccccc1NC(=O)CSc1nnc(-c2ccccc2Cl)o1. The maximum atomic E-state index is 12.2. The molecule has 1 aromatic heterocycles. The third-order valence-corrected chi connectivity index (χ3v) is 4.84. The molecule has 0 spiro atoms. The number of hydrogen-bond acceptors (Lipinski definition) is 5. The first-order valence-electron chi connectivity index (χ1n) is 8.14. The molecule has 1 N–H and O–H groups in total. The Bertz CT molecular complexity index is 911. The van der Waals surface area contributed by atoms with Crippen LogP contribution in [0.1, 0.15) is 25.3 Å². The van der Waals surface area contributed by atoms with Crippen LogP contribution >= 0.6 is 23.4 Å². The van der Waals surface area contributed by atoms with Crippen molar-refractivity contribution < 1.29 is 9.21 Å². The molecule has 0 unspecified atom stereocenters. The number of amides is 1. The number of benzene rings is 2. The van der Waals surface area contributed by atoms with Crippen molar-refractivity contribution >= 4 is 35.0 Å². The largest absolute Gasteiger partial charge is 0.411 e. The highest BCUT2D eigenvalue weighted by Gasteiger charge is 2.14. The lowest BCUT2D eigenvalue weighted by molar-refractivity contribution is -0.113. The predicted molar refractivity (Wildman–Crippen MR) is 105 cm³/mol. The Morgan fingerprint density at radius 2 is 1.88 bits per heavy atom. The van der Waals surface area contributed by atoms with Gasteiger partial charge in [-0.05, 0) is 29.7 Å². The van der Waals surface area contributed by atoms with E-state index in [2.05, 4.69) is 29.4 Å². The van der Waals surface area contributed by atoms with E-state index >= 15 is 0 Å². The Balaban J connectivity index is 1.62. The Morgan fingerprint density at radius 3 is 2.65 bits per heavy atom. The molecule has 26 heavy (non-hydrogen) atoms. The van der Waals surface area contributed by atoms with Gasteiger partial charge in [-0.3, -0.25) is 4.79 Å². The highest BCUT2D eigenvalue weighted by atomic mass is 35.5. The monoisotopic (exact) mass is 387 g/mol. The van der Waals surface area contributed by atoms with Gasteiger partial charge in [-0.2, -0.15) is 0 Å². The fourth-order valence-corrected chi connectivity index (χ4v) is 3.22. The van der Waals surface area contributed by atoms with E-state index in [1.165, 1.54) is 11.8 Å². The van der Waals surface area contributed by atoms with Crippen LogP contribution in [0.4, 0.5) is 5.69 Å². The van der Waals surface area contributed by atoms with E-state index in [-0.39, 0.29) is 11.7 Å². The Kier molecular flexibility index (Phi) is 5.96. The molecule has 0 aliphatic carbocycles. The highest BCUT2D eigenvalue weighted by Crippen LogP contribution is 2.29. The van der Waals surface area contributed by atoms with Gasteiger partial charge in [-0.1, -0.05) is 67.5 Å². The molecule has 0 atom stereocenters. The normalized spacial score (nSPS) is 10.9. The summed E-state index contributed by atoms with van der Waals surface area (Å²) in [5, 5.41) is 11.8. The van der Waals surface area contributed by atoms with Crippen LogP contribution in [0, 0.1) is 0 Å². The molecule has 5 nitrogen and oxygen atoms in total. The molecule has 0 fully saturated rings. The van der Waals surface area contributed by atoms with Gasteiger partial charge in [0.2, 0.25) is 11.8 Å². The lowest BCUT2D eigenvalue weighted by atomic mass is 10.0. The number of carbonyl (C=O) groups is 1. The van der Waals surface area contributed by atoms with Crippen molar-refractivity contribution in [2.24, 2.45) is 0 Å².